The minimum absolute atomic E-state index is 0.257. The number of H-pyrrole nitrogens is 1. The van der Waals surface area contributed by atoms with Crippen LogP contribution < -0.4 is 0 Å². The van der Waals surface area contributed by atoms with E-state index in [4.69, 9.17) is 4.74 Å². The summed E-state index contributed by atoms with van der Waals surface area (Å²) in [7, 11) is 0. The van der Waals surface area contributed by atoms with Crippen molar-refractivity contribution < 1.29 is 9.53 Å². The largest absolute Gasteiger partial charge is 0.377 e. The fourth-order valence-corrected chi connectivity index (χ4v) is 3.28. The number of aryl methyl sites for hydroxylation is 1. The van der Waals surface area contributed by atoms with Crippen molar-refractivity contribution in [3.63, 3.8) is 0 Å². The number of ether oxygens (including phenoxy) is 1. The zero-order chi connectivity index (χ0) is 15.4. The fraction of sp³-hybridized carbons (Fsp3) is 0.500. The summed E-state index contributed by atoms with van der Waals surface area (Å²) in [6.07, 6.45) is 5.50. The summed E-state index contributed by atoms with van der Waals surface area (Å²) in [6.45, 7) is 4.24. The average Bonchev–Trinajstić information content (AvgIpc) is 2.97. The first-order valence-corrected chi connectivity index (χ1v) is 8.21. The smallest absolute Gasteiger partial charge is 0.223 e. The number of carbonyl (C=O) groups excluding carboxylic acids is 1. The number of nitrogens with zero attached hydrogens (tertiary/aromatic N) is 1. The van der Waals surface area contributed by atoms with Gasteiger partial charge in [0, 0.05) is 30.1 Å². The molecule has 1 unspecified atom stereocenters. The Labute approximate surface area is 131 Å². The van der Waals surface area contributed by atoms with Crippen LogP contribution in [0.4, 0.5) is 0 Å². The van der Waals surface area contributed by atoms with Crippen LogP contribution in [0.3, 0.4) is 0 Å². The Morgan fingerprint density at radius 2 is 2.27 bits per heavy atom. The van der Waals surface area contributed by atoms with Gasteiger partial charge in [-0.25, -0.2) is 0 Å². The van der Waals surface area contributed by atoms with E-state index in [1.807, 2.05) is 23.2 Å². The van der Waals surface area contributed by atoms with Crippen LogP contribution in [0.25, 0.3) is 10.9 Å². The molecule has 4 heteroatoms. The number of aromatic nitrogens is 1. The summed E-state index contributed by atoms with van der Waals surface area (Å²) in [5, 5.41) is 1.22. The van der Waals surface area contributed by atoms with Gasteiger partial charge in [-0.15, -0.1) is 0 Å². The molecular formula is C18H24N2O2. The van der Waals surface area contributed by atoms with Crippen LogP contribution in [0, 0.1) is 0 Å². The first-order valence-electron chi connectivity index (χ1n) is 8.21. The fourth-order valence-electron chi connectivity index (χ4n) is 3.28. The van der Waals surface area contributed by atoms with Gasteiger partial charge in [-0.2, -0.15) is 0 Å². The molecule has 0 spiro atoms. The third kappa shape index (κ3) is 3.17. The molecule has 1 atom stereocenters. The van der Waals surface area contributed by atoms with E-state index in [9.17, 15) is 4.79 Å². The summed E-state index contributed by atoms with van der Waals surface area (Å²) < 4.78 is 5.52. The van der Waals surface area contributed by atoms with Crippen molar-refractivity contribution in [3.05, 3.63) is 36.0 Å². The third-order valence-corrected chi connectivity index (χ3v) is 4.45. The minimum atomic E-state index is 0.257. The molecule has 1 aliphatic heterocycles. The molecule has 118 valence electrons. The van der Waals surface area contributed by atoms with Gasteiger partial charge in [0.2, 0.25) is 5.91 Å². The molecular weight excluding hydrogens is 276 g/mol. The first-order chi connectivity index (χ1) is 10.8. The number of aromatic amines is 1. The Hall–Kier alpha value is -1.81. The monoisotopic (exact) mass is 300 g/mol. The molecule has 1 saturated heterocycles. The number of nitrogens with one attached hydrogen (secondary N) is 1. The molecule has 1 aliphatic rings. The predicted molar refractivity (Wildman–Crippen MR) is 87.8 cm³/mol. The highest BCUT2D eigenvalue weighted by Gasteiger charge is 2.26. The van der Waals surface area contributed by atoms with Gasteiger partial charge in [-0.3, -0.25) is 4.79 Å². The van der Waals surface area contributed by atoms with Crippen LogP contribution in [0.15, 0.2) is 30.5 Å². The second kappa shape index (κ2) is 6.97. The Kier molecular flexibility index (Phi) is 4.78. The highest BCUT2D eigenvalue weighted by atomic mass is 16.5. The topological polar surface area (TPSA) is 45.3 Å². The van der Waals surface area contributed by atoms with E-state index in [-0.39, 0.29) is 11.9 Å². The number of hydrogen-bond donors (Lipinski definition) is 1. The SMILES string of the molecule is CCCC1COCCN1C(=O)CCc1c[nH]c2ccccc12. The van der Waals surface area contributed by atoms with Crippen molar-refractivity contribution in [2.75, 3.05) is 19.8 Å². The van der Waals surface area contributed by atoms with Gasteiger partial charge in [-0.1, -0.05) is 31.5 Å². The molecule has 0 bridgehead atoms. The van der Waals surface area contributed by atoms with E-state index in [1.165, 1.54) is 10.9 Å². The number of para-hydroxylation sites is 1. The van der Waals surface area contributed by atoms with E-state index < -0.39 is 0 Å². The minimum Gasteiger partial charge on any atom is -0.377 e. The lowest BCUT2D eigenvalue weighted by Gasteiger charge is -2.35. The van der Waals surface area contributed by atoms with E-state index in [0.29, 0.717) is 19.6 Å². The number of morpholine rings is 1. The number of hydrogen-bond acceptors (Lipinski definition) is 2. The van der Waals surface area contributed by atoms with Crippen molar-refractivity contribution in [2.45, 2.75) is 38.6 Å². The quantitative estimate of drug-likeness (QED) is 0.922. The molecule has 1 aromatic heterocycles. The maximum Gasteiger partial charge on any atom is 0.223 e. The van der Waals surface area contributed by atoms with Crippen LogP contribution in [0.1, 0.15) is 31.7 Å². The second-order valence-corrected chi connectivity index (χ2v) is 5.96. The average molecular weight is 300 g/mol. The number of fused-ring (bicyclic) bond motifs is 1. The number of carbonyl (C=O) groups is 1. The van der Waals surface area contributed by atoms with Crippen LogP contribution in [0.5, 0.6) is 0 Å². The summed E-state index contributed by atoms with van der Waals surface area (Å²) in [5.41, 5.74) is 2.37. The molecule has 0 aliphatic carbocycles. The van der Waals surface area contributed by atoms with Gasteiger partial charge in [0.05, 0.1) is 19.3 Å². The Morgan fingerprint density at radius 1 is 1.41 bits per heavy atom. The maximum atomic E-state index is 12.6. The first kappa shape index (κ1) is 15.1. The third-order valence-electron chi connectivity index (χ3n) is 4.45. The second-order valence-electron chi connectivity index (χ2n) is 5.96. The van der Waals surface area contributed by atoms with Crippen LogP contribution >= 0.6 is 0 Å². The van der Waals surface area contributed by atoms with E-state index in [2.05, 4.69) is 24.0 Å². The van der Waals surface area contributed by atoms with E-state index in [0.717, 1.165) is 31.3 Å². The molecule has 1 amide bonds. The van der Waals surface area contributed by atoms with Crippen molar-refractivity contribution in [1.82, 2.24) is 9.88 Å². The number of rotatable bonds is 5. The molecule has 3 rings (SSSR count). The Bertz CT molecular complexity index is 633. The van der Waals surface area contributed by atoms with Crippen LogP contribution in [-0.2, 0) is 16.0 Å². The Morgan fingerprint density at radius 3 is 3.14 bits per heavy atom. The molecule has 0 radical (unpaired) electrons. The summed E-state index contributed by atoms with van der Waals surface area (Å²) in [5.74, 6) is 0.257. The van der Waals surface area contributed by atoms with Gasteiger partial charge >= 0.3 is 0 Å². The maximum absolute atomic E-state index is 12.6. The molecule has 22 heavy (non-hydrogen) atoms. The van der Waals surface area contributed by atoms with E-state index in [1.54, 1.807) is 0 Å². The van der Waals surface area contributed by atoms with Gasteiger partial charge in [-0.05, 0) is 24.5 Å². The van der Waals surface area contributed by atoms with E-state index >= 15 is 0 Å². The standard InChI is InChI=1S/C18H24N2O2/c1-2-5-15-13-22-11-10-20(15)18(21)9-8-14-12-19-17-7-4-3-6-16(14)17/h3-4,6-7,12,15,19H,2,5,8-11,13H2,1H3. The molecule has 1 fully saturated rings. The zero-order valence-electron chi connectivity index (χ0n) is 13.2. The molecule has 4 nitrogen and oxygen atoms in total. The molecule has 1 N–H and O–H groups in total. The molecule has 2 heterocycles. The van der Waals surface area contributed by atoms with Gasteiger partial charge in [0.15, 0.2) is 0 Å². The van der Waals surface area contributed by atoms with Crippen LogP contribution in [-0.4, -0.2) is 41.6 Å². The van der Waals surface area contributed by atoms with Gasteiger partial charge in [0.1, 0.15) is 0 Å². The summed E-state index contributed by atoms with van der Waals surface area (Å²) in [6, 6.07) is 8.51. The van der Waals surface area contributed by atoms with Crippen molar-refractivity contribution in [3.8, 4) is 0 Å². The normalized spacial score (nSPS) is 18.8. The summed E-state index contributed by atoms with van der Waals surface area (Å²) >= 11 is 0. The number of amides is 1. The molecule has 1 aromatic carbocycles. The lowest BCUT2D eigenvalue weighted by atomic mass is 10.1. The molecule has 0 saturated carbocycles. The highest BCUT2D eigenvalue weighted by Crippen LogP contribution is 2.20. The zero-order valence-corrected chi connectivity index (χ0v) is 13.2. The van der Waals surface area contributed by atoms with Gasteiger partial charge in [0.25, 0.3) is 0 Å². The number of benzene rings is 1. The lowest BCUT2D eigenvalue weighted by molar-refractivity contribution is -0.140. The summed E-state index contributed by atoms with van der Waals surface area (Å²) in [4.78, 5) is 17.9. The predicted octanol–water partition coefficient (Wildman–Crippen LogP) is 3.13. The highest BCUT2D eigenvalue weighted by molar-refractivity contribution is 5.84. The van der Waals surface area contributed by atoms with Crippen molar-refractivity contribution in [2.24, 2.45) is 0 Å². The lowest BCUT2D eigenvalue weighted by Crippen LogP contribution is -2.48. The van der Waals surface area contributed by atoms with Crippen LogP contribution in [0.2, 0.25) is 0 Å². The molecule has 2 aromatic rings. The Balaban J connectivity index is 1.64. The van der Waals surface area contributed by atoms with Crippen molar-refractivity contribution >= 4 is 16.8 Å². The van der Waals surface area contributed by atoms with Gasteiger partial charge < -0.3 is 14.6 Å². The van der Waals surface area contributed by atoms with Crippen molar-refractivity contribution in [1.29, 1.82) is 0 Å².